The van der Waals surface area contributed by atoms with Crippen LogP contribution in [0.5, 0.6) is 0 Å². The summed E-state index contributed by atoms with van der Waals surface area (Å²) >= 11 is 1.90. The normalized spacial score (nSPS) is 14.4. The summed E-state index contributed by atoms with van der Waals surface area (Å²) in [7, 11) is 0. The number of aromatic nitrogens is 1. The first-order valence-electron chi connectivity index (χ1n) is 6.64. The van der Waals surface area contributed by atoms with Crippen molar-refractivity contribution in [2.45, 2.75) is 38.8 Å². The van der Waals surface area contributed by atoms with E-state index in [0.29, 0.717) is 0 Å². The predicted octanol–water partition coefficient (Wildman–Crippen LogP) is 3.31. The molecule has 2 nitrogen and oxygen atoms in total. The molecule has 0 saturated heterocycles. The molecular formula is C15H18N2S. The average Bonchev–Trinajstić information content (AvgIpc) is 2.82. The molecule has 1 heterocycles. The van der Waals surface area contributed by atoms with Gasteiger partial charge in [0, 0.05) is 18.0 Å². The Morgan fingerprint density at radius 3 is 2.72 bits per heavy atom. The van der Waals surface area contributed by atoms with Gasteiger partial charge < -0.3 is 5.32 Å². The van der Waals surface area contributed by atoms with Gasteiger partial charge in [0.05, 0.1) is 5.69 Å². The quantitative estimate of drug-likeness (QED) is 0.910. The molecule has 0 aliphatic heterocycles. The van der Waals surface area contributed by atoms with Crippen LogP contribution in [0, 0.1) is 0 Å². The lowest BCUT2D eigenvalue weighted by molar-refractivity contribution is 0.667. The third kappa shape index (κ3) is 2.79. The first kappa shape index (κ1) is 11.9. The van der Waals surface area contributed by atoms with Crippen LogP contribution >= 0.6 is 11.3 Å². The number of nitrogens with one attached hydrogen (secondary N) is 1. The van der Waals surface area contributed by atoms with Gasteiger partial charge >= 0.3 is 0 Å². The Morgan fingerprint density at radius 2 is 1.89 bits per heavy atom. The van der Waals surface area contributed by atoms with Gasteiger partial charge in [-0.3, -0.25) is 0 Å². The maximum atomic E-state index is 4.74. The van der Waals surface area contributed by atoms with Crippen molar-refractivity contribution in [3.8, 4) is 0 Å². The zero-order valence-electron chi connectivity index (χ0n) is 10.5. The fourth-order valence-electron chi connectivity index (χ4n) is 2.39. The Balaban J connectivity index is 1.55. The van der Waals surface area contributed by atoms with E-state index in [1.807, 2.05) is 11.3 Å². The van der Waals surface area contributed by atoms with Gasteiger partial charge in [-0.2, -0.15) is 0 Å². The van der Waals surface area contributed by atoms with Crippen molar-refractivity contribution in [3.63, 3.8) is 0 Å². The lowest BCUT2D eigenvalue weighted by Crippen LogP contribution is -2.12. The number of fused-ring (bicyclic) bond motifs is 1. The van der Waals surface area contributed by atoms with Crippen molar-refractivity contribution >= 4 is 11.3 Å². The number of benzene rings is 1. The van der Waals surface area contributed by atoms with E-state index in [0.717, 1.165) is 13.1 Å². The first-order valence-corrected chi connectivity index (χ1v) is 7.45. The van der Waals surface area contributed by atoms with Crippen LogP contribution in [0.1, 0.15) is 34.0 Å². The molecule has 1 aromatic heterocycles. The Hall–Kier alpha value is -1.19. The second-order valence-electron chi connectivity index (χ2n) is 4.77. The Kier molecular flexibility index (Phi) is 3.72. The molecule has 0 bridgehead atoms. The minimum absolute atomic E-state index is 0.895. The topological polar surface area (TPSA) is 24.9 Å². The van der Waals surface area contributed by atoms with Crippen molar-refractivity contribution in [1.29, 1.82) is 0 Å². The highest BCUT2D eigenvalue weighted by molar-refractivity contribution is 7.11. The summed E-state index contributed by atoms with van der Waals surface area (Å²) in [5, 5.41) is 4.72. The largest absolute Gasteiger partial charge is 0.306 e. The molecule has 1 aliphatic rings. The Morgan fingerprint density at radius 1 is 1.06 bits per heavy atom. The molecule has 94 valence electrons. The molecule has 18 heavy (non-hydrogen) atoms. The zero-order valence-corrected chi connectivity index (χ0v) is 11.3. The number of aryl methyl sites for hydroxylation is 2. The van der Waals surface area contributed by atoms with Gasteiger partial charge in [-0.1, -0.05) is 30.3 Å². The zero-order chi connectivity index (χ0) is 12.2. The minimum Gasteiger partial charge on any atom is -0.306 e. The maximum absolute atomic E-state index is 4.74. The molecule has 1 aromatic carbocycles. The molecule has 3 rings (SSSR count). The standard InChI is InChI=1S/C15H18N2S/c1-2-6-12(7-3-1)10-16-11-15-17-13-8-4-5-9-14(13)18-15/h1-3,6-7,16H,4-5,8-11H2. The third-order valence-electron chi connectivity index (χ3n) is 3.34. The van der Waals surface area contributed by atoms with Crippen molar-refractivity contribution in [2.75, 3.05) is 0 Å². The molecule has 0 spiro atoms. The van der Waals surface area contributed by atoms with Crippen LogP contribution in [0.25, 0.3) is 0 Å². The molecule has 1 N–H and O–H groups in total. The number of rotatable bonds is 4. The molecule has 0 fully saturated rings. The van der Waals surface area contributed by atoms with E-state index in [2.05, 4.69) is 35.6 Å². The second-order valence-corrected chi connectivity index (χ2v) is 5.94. The van der Waals surface area contributed by atoms with E-state index in [1.54, 1.807) is 0 Å². The van der Waals surface area contributed by atoms with Gasteiger partial charge in [0.2, 0.25) is 0 Å². The van der Waals surface area contributed by atoms with Gasteiger partial charge in [-0.15, -0.1) is 11.3 Å². The van der Waals surface area contributed by atoms with Gasteiger partial charge in [-0.05, 0) is 31.2 Å². The van der Waals surface area contributed by atoms with Crippen molar-refractivity contribution in [1.82, 2.24) is 10.3 Å². The van der Waals surface area contributed by atoms with Crippen molar-refractivity contribution < 1.29 is 0 Å². The highest BCUT2D eigenvalue weighted by atomic mass is 32.1. The number of thiazole rings is 1. The molecular weight excluding hydrogens is 240 g/mol. The molecule has 0 unspecified atom stereocenters. The molecule has 0 amide bonds. The van der Waals surface area contributed by atoms with Gasteiger partial charge in [0.25, 0.3) is 0 Å². The summed E-state index contributed by atoms with van der Waals surface area (Å²) in [6.45, 7) is 1.82. The lowest BCUT2D eigenvalue weighted by atomic mass is 10.0. The smallest absolute Gasteiger partial charge is 0.107 e. The summed E-state index contributed by atoms with van der Waals surface area (Å²) in [5.74, 6) is 0. The van der Waals surface area contributed by atoms with Gasteiger partial charge in [-0.25, -0.2) is 4.98 Å². The molecule has 0 atom stereocenters. The summed E-state index contributed by atoms with van der Waals surface area (Å²) in [6.07, 6.45) is 5.08. The fourth-order valence-corrected chi connectivity index (χ4v) is 3.52. The maximum Gasteiger partial charge on any atom is 0.107 e. The molecule has 2 aromatic rings. The van der Waals surface area contributed by atoms with Crippen molar-refractivity contribution in [2.24, 2.45) is 0 Å². The van der Waals surface area contributed by atoms with Gasteiger partial charge in [0.1, 0.15) is 5.01 Å². The lowest BCUT2D eigenvalue weighted by Gasteiger charge is -2.06. The highest BCUT2D eigenvalue weighted by Gasteiger charge is 2.14. The molecule has 3 heteroatoms. The predicted molar refractivity (Wildman–Crippen MR) is 75.7 cm³/mol. The number of hydrogen-bond acceptors (Lipinski definition) is 3. The summed E-state index contributed by atoms with van der Waals surface area (Å²) in [6, 6.07) is 10.5. The number of hydrogen-bond donors (Lipinski definition) is 1. The van der Waals surface area contributed by atoms with E-state index in [1.165, 1.54) is 46.8 Å². The average molecular weight is 258 g/mol. The van der Waals surface area contributed by atoms with E-state index in [4.69, 9.17) is 4.98 Å². The summed E-state index contributed by atoms with van der Waals surface area (Å²) in [5.41, 5.74) is 2.70. The Labute approximate surface area is 112 Å². The van der Waals surface area contributed by atoms with E-state index in [9.17, 15) is 0 Å². The van der Waals surface area contributed by atoms with Crippen LogP contribution in [0.15, 0.2) is 30.3 Å². The SMILES string of the molecule is c1ccc(CNCc2nc3c(s2)CCCC3)cc1. The van der Waals surface area contributed by atoms with Crippen LogP contribution in [-0.4, -0.2) is 4.98 Å². The molecule has 0 radical (unpaired) electrons. The second kappa shape index (κ2) is 5.63. The van der Waals surface area contributed by atoms with Crippen LogP contribution in [0.2, 0.25) is 0 Å². The van der Waals surface area contributed by atoms with Crippen LogP contribution in [0.3, 0.4) is 0 Å². The minimum atomic E-state index is 0.895. The number of nitrogens with zero attached hydrogens (tertiary/aromatic N) is 1. The van der Waals surface area contributed by atoms with E-state index >= 15 is 0 Å². The summed E-state index contributed by atoms with van der Waals surface area (Å²) < 4.78 is 0. The van der Waals surface area contributed by atoms with Crippen LogP contribution in [-0.2, 0) is 25.9 Å². The summed E-state index contributed by atoms with van der Waals surface area (Å²) in [4.78, 5) is 6.26. The van der Waals surface area contributed by atoms with Crippen molar-refractivity contribution in [3.05, 3.63) is 51.5 Å². The molecule has 0 saturated carbocycles. The monoisotopic (exact) mass is 258 g/mol. The highest BCUT2D eigenvalue weighted by Crippen LogP contribution is 2.26. The first-order chi connectivity index (χ1) is 8.92. The van der Waals surface area contributed by atoms with E-state index in [-0.39, 0.29) is 0 Å². The van der Waals surface area contributed by atoms with E-state index < -0.39 is 0 Å². The molecule has 1 aliphatic carbocycles. The van der Waals surface area contributed by atoms with Crippen LogP contribution in [0.4, 0.5) is 0 Å². The van der Waals surface area contributed by atoms with Crippen LogP contribution < -0.4 is 5.32 Å². The fraction of sp³-hybridized carbons (Fsp3) is 0.400. The van der Waals surface area contributed by atoms with Gasteiger partial charge in [0.15, 0.2) is 0 Å². The Bertz CT molecular complexity index is 481. The third-order valence-corrected chi connectivity index (χ3v) is 4.50.